The average molecular weight is 301 g/mol. The summed E-state index contributed by atoms with van der Waals surface area (Å²) in [5.74, 6) is -0.464. The van der Waals surface area contributed by atoms with Crippen molar-refractivity contribution >= 4 is 34.8 Å². The predicted octanol–water partition coefficient (Wildman–Crippen LogP) is 3.65. The third kappa shape index (κ3) is 2.62. The number of hydrogen-bond acceptors (Lipinski definition) is 2. The first kappa shape index (κ1) is 13.6. The number of benzene rings is 2. The van der Waals surface area contributed by atoms with Crippen molar-refractivity contribution in [3.05, 3.63) is 58.6 Å². The highest BCUT2D eigenvalue weighted by molar-refractivity contribution is 6.31. The van der Waals surface area contributed by atoms with Crippen LogP contribution in [0.5, 0.6) is 0 Å². The van der Waals surface area contributed by atoms with Crippen LogP contribution < -0.4 is 10.6 Å². The van der Waals surface area contributed by atoms with Gasteiger partial charge < -0.3 is 10.6 Å². The number of anilines is 2. The molecule has 0 radical (unpaired) electrons. The molecule has 2 aromatic rings. The highest BCUT2D eigenvalue weighted by Gasteiger charge is 2.26. The summed E-state index contributed by atoms with van der Waals surface area (Å²) in [6.45, 7) is 1.84. The number of carbonyl (C=O) groups is 2. The smallest absolute Gasteiger partial charge is 0.255 e. The van der Waals surface area contributed by atoms with E-state index in [0.717, 1.165) is 11.3 Å². The number of nitrogens with one attached hydrogen (secondary N) is 2. The molecule has 0 fully saturated rings. The Morgan fingerprint density at radius 3 is 2.81 bits per heavy atom. The fraction of sp³-hybridized carbons (Fsp3) is 0.125. The Balaban J connectivity index is 1.83. The molecule has 0 spiro atoms. The van der Waals surface area contributed by atoms with Gasteiger partial charge in [-0.05, 0) is 48.9 Å². The molecule has 0 aliphatic carbocycles. The summed E-state index contributed by atoms with van der Waals surface area (Å²) >= 11 is 5.88. The maximum atomic E-state index is 12.2. The zero-order chi connectivity index (χ0) is 15.0. The lowest BCUT2D eigenvalue weighted by Gasteiger charge is -2.08. The third-order valence-corrected chi connectivity index (χ3v) is 3.75. The summed E-state index contributed by atoms with van der Waals surface area (Å²) in [5, 5.41) is 6.13. The van der Waals surface area contributed by atoms with Gasteiger partial charge >= 0.3 is 0 Å². The predicted molar refractivity (Wildman–Crippen MR) is 82.9 cm³/mol. The van der Waals surface area contributed by atoms with Crippen LogP contribution in [0.4, 0.5) is 11.4 Å². The van der Waals surface area contributed by atoms with Crippen LogP contribution in [0.1, 0.15) is 28.8 Å². The third-order valence-electron chi connectivity index (χ3n) is 3.51. The van der Waals surface area contributed by atoms with Gasteiger partial charge in [-0.25, -0.2) is 0 Å². The topological polar surface area (TPSA) is 58.2 Å². The summed E-state index contributed by atoms with van der Waals surface area (Å²) in [7, 11) is 0. The molecule has 1 aliphatic heterocycles. The minimum Gasteiger partial charge on any atom is -0.325 e. The van der Waals surface area contributed by atoms with Crippen LogP contribution in [-0.4, -0.2) is 11.8 Å². The molecule has 1 heterocycles. The van der Waals surface area contributed by atoms with Crippen molar-refractivity contribution in [3.63, 3.8) is 0 Å². The molecule has 2 aromatic carbocycles. The fourth-order valence-corrected chi connectivity index (χ4v) is 2.52. The van der Waals surface area contributed by atoms with Crippen LogP contribution in [0.3, 0.4) is 0 Å². The molecular formula is C16H13ClN2O2. The van der Waals surface area contributed by atoms with E-state index in [1.165, 1.54) is 0 Å². The van der Waals surface area contributed by atoms with Crippen molar-refractivity contribution in [2.75, 3.05) is 10.6 Å². The molecule has 2 amide bonds. The van der Waals surface area contributed by atoms with Gasteiger partial charge in [-0.3, -0.25) is 9.59 Å². The van der Waals surface area contributed by atoms with E-state index < -0.39 is 0 Å². The molecule has 5 heteroatoms. The van der Waals surface area contributed by atoms with Gasteiger partial charge in [0.2, 0.25) is 5.91 Å². The Bertz CT molecular complexity index is 743. The van der Waals surface area contributed by atoms with E-state index in [1.54, 1.807) is 36.4 Å². The molecule has 21 heavy (non-hydrogen) atoms. The van der Waals surface area contributed by atoms with Crippen LogP contribution in [-0.2, 0) is 4.79 Å². The van der Waals surface area contributed by atoms with Gasteiger partial charge in [0.1, 0.15) is 0 Å². The highest BCUT2D eigenvalue weighted by atomic mass is 35.5. The lowest BCUT2D eigenvalue weighted by atomic mass is 10.0. The minimum atomic E-state index is -0.234. The zero-order valence-electron chi connectivity index (χ0n) is 11.3. The molecule has 1 aliphatic rings. The number of halogens is 1. The van der Waals surface area contributed by atoms with Gasteiger partial charge in [0.05, 0.1) is 5.92 Å². The van der Waals surface area contributed by atoms with E-state index in [9.17, 15) is 9.59 Å². The SMILES string of the molecule is CC1C(=O)Nc2ccc(NC(=O)c3cccc(Cl)c3)cc21. The van der Waals surface area contributed by atoms with Crippen molar-refractivity contribution in [2.24, 2.45) is 0 Å². The molecule has 0 saturated carbocycles. The molecule has 4 nitrogen and oxygen atoms in total. The lowest BCUT2D eigenvalue weighted by Crippen LogP contribution is -2.12. The van der Waals surface area contributed by atoms with Crippen molar-refractivity contribution in [3.8, 4) is 0 Å². The number of amides is 2. The second-order valence-electron chi connectivity index (χ2n) is 4.98. The monoisotopic (exact) mass is 300 g/mol. The van der Waals surface area contributed by atoms with Gasteiger partial charge in [0, 0.05) is 22.0 Å². The number of carbonyl (C=O) groups excluding carboxylic acids is 2. The standard InChI is InChI=1S/C16H13ClN2O2/c1-9-13-8-12(5-6-14(13)19-15(9)20)18-16(21)10-3-2-4-11(17)7-10/h2-9H,1H3,(H,18,21)(H,19,20). The molecule has 106 valence electrons. The first-order valence-electron chi connectivity index (χ1n) is 6.56. The van der Waals surface area contributed by atoms with Gasteiger partial charge in [-0.1, -0.05) is 17.7 Å². The second kappa shape index (κ2) is 5.22. The Morgan fingerprint density at radius 1 is 1.24 bits per heavy atom. The molecule has 1 atom stereocenters. The molecule has 0 bridgehead atoms. The summed E-state index contributed by atoms with van der Waals surface area (Å²) in [4.78, 5) is 23.8. The Morgan fingerprint density at radius 2 is 2.05 bits per heavy atom. The largest absolute Gasteiger partial charge is 0.325 e. The van der Waals surface area contributed by atoms with E-state index in [-0.39, 0.29) is 17.7 Å². The zero-order valence-corrected chi connectivity index (χ0v) is 12.1. The first-order valence-corrected chi connectivity index (χ1v) is 6.94. The van der Waals surface area contributed by atoms with Gasteiger partial charge in [0.15, 0.2) is 0 Å². The van der Waals surface area contributed by atoms with E-state index in [2.05, 4.69) is 10.6 Å². The van der Waals surface area contributed by atoms with E-state index in [0.29, 0.717) is 16.3 Å². The Labute approximate surface area is 127 Å². The second-order valence-corrected chi connectivity index (χ2v) is 5.41. The molecule has 3 rings (SSSR count). The molecular weight excluding hydrogens is 288 g/mol. The molecule has 2 N–H and O–H groups in total. The normalized spacial score (nSPS) is 16.3. The summed E-state index contributed by atoms with van der Waals surface area (Å²) < 4.78 is 0. The fourth-order valence-electron chi connectivity index (χ4n) is 2.33. The minimum absolute atomic E-state index is 0.0247. The van der Waals surface area contributed by atoms with Crippen LogP contribution in [0.15, 0.2) is 42.5 Å². The maximum absolute atomic E-state index is 12.2. The molecule has 1 unspecified atom stereocenters. The van der Waals surface area contributed by atoms with Gasteiger partial charge in [-0.15, -0.1) is 0 Å². The van der Waals surface area contributed by atoms with Crippen molar-refractivity contribution < 1.29 is 9.59 Å². The first-order chi connectivity index (χ1) is 10.0. The van der Waals surface area contributed by atoms with Crippen LogP contribution in [0.25, 0.3) is 0 Å². The Hall–Kier alpha value is -2.33. The van der Waals surface area contributed by atoms with E-state index in [1.807, 2.05) is 13.0 Å². The van der Waals surface area contributed by atoms with Crippen molar-refractivity contribution in [1.82, 2.24) is 0 Å². The lowest BCUT2D eigenvalue weighted by molar-refractivity contribution is -0.116. The van der Waals surface area contributed by atoms with Crippen LogP contribution in [0, 0.1) is 0 Å². The van der Waals surface area contributed by atoms with Crippen molar-refractivity contribution in [2.45, 2.75) is 12.8 Å². The number of fused-ring (bicyclic) bond motifs is 1. The van der Waals surface area contributed by atoms with Crippen LogP contribution in [0.2, 0.25) is 5.02 Å². The van der Waals surface area contributed by atoms with E-state index in [4.69, 9.17) is 11.6 Å². The number of hydrogen-bond donors (Lipinski definition) is 2. The van der Waals surface area contributed by atoms with Gasteiger partial charge in [0.25, 0.3) is 5.91 Å². The quantitative estimate of drug-likeness (QED) is 0.889. The summed E-state index contributed by atoms with van der Waals surface area (Å²) in [5.41, 5.74) is 2.84. The number of rotatable bonds is 2. The van der Waals surface area contributed by atoms with E-state index >= 15 is 0 Å². The molecule has 0 aromatic heterocycles. The van der Waals surface area contributed by atoms with Crippen LogP contribution >= 0.6 is 11.6 Å². The summed E-state index contributed by atoms with van der Waals surface area (Å²) in [6.07, 6.45) is 0. The highest BCUT2D eigenvalue weighted by Crippen LogP contribution is 2.34. The van der Waals surface area contributed by atoms with Gasteiger partial charge in [-0.2, -0.15) is 0 Å². The maximum Gasteiger partial charge on any atom is 0.255 e. The Kier molecular flexibility index (Phi) is 3.39. The van der Waals surface area contributed by atoms with Crippen molar-refractivity contribution in [1.29, 1.82) is 0 Å². The molecule has 0 saturated heterocycles. The average Bonchev–Trinajstić information content (AvgIpc) is 2.74. The summed E-state index contributed by atoms with van der Waals surface area (Å²) in [6, 6.07) is 12.1.